The zero-order chi connectivity index (χ0) is 39.2. The number of fused-ring (bicyclic) bond motifs is 1. The first-order valence-electron chi connectivity index (χ1n) is 16.9. The number of rotatable bonds is 10. The predicted octanol–water partition coefficient (Wildman–Crippen LogP) is -3.57. The Hall–Kier alpha value is -3.58. The number of phenolic OH excluding ortho intramolecular Hbond substituents is 2. The topological polar surface area (TPSA) is 317 Å². The molecule has 54 heavy (non-hydrogen) atoms. The van der Waals surface area contributed by atoms with Crippen molar-refractivity contribution < 1.29 is 99.2 Å². The molecule has 3 fully saturated rings. The summed E-state index contributed by atoms with van der Waals surface area (Å²) in [5.41, 5.74) is 0.344. The van der Waals surface area contributed by atoms with Gasteiger partial charge in [0.05, 0.1) is 32.0 Å². The van der Waals surface area contributed by atoms with Crippen molar-refractivity contribution in [2.24, 2.45) is 0 Å². The van der Waals surface area contributed by atoms with E-state index in [9.17, 15) is 61.3 Å². The van der Waals surface area contributed by atoms with Crippen LogP contribution in [0.1, 0.15) is 24.2 Å². The number of benzene rings is 2. The third kappa shape index (κ3) is 7.76. The van der Waals surface area contributed by atoms with Crippen molar-refractivity contribution >= 4 is 6.08 Å². The second-order valence-electron chi connectivity index (χ2n) is 13.3. The summed E-state index contributed by atoms with van der Waals surface area (Å²) in [7, 11) is 1.31. The van der Waals surface area contributed by atoms with E-state index in [4.69, 9.17) is 37.9 Å². The van der Waals surface area contributed by atoms with E-state index < -0.39 is 111 Å². The third-order valence-electron chi connectivity index (χ3n) is 9.63. The first kappa shape index (κ1) is 40.1. The number of methoxy groups -OCH3 is 1. The van der Waals surface area contributed by atoms with Gasteiger partial charge in [-0.3, -0.25) is 0 Å². The fourth-order valence-electron chi connectivity index (χ4n) is 6.43. The summed E-state index contributed by atoms with van der Waals surface area (Å²) in [4.78, 5) is 0. The van der Waals surface area contributed by atoms with Crippen molar-refractivity contribution in [1.29, 1.82) is 0 Å². The van der Waals surface area contributed by atoms with Gasteiger partial charge in [0.15, 0.2) is 23.9 Å². The summed E-state index contributed by atoms with van der Waals surface area (Å²) >= 11 is 0. The maximum atomic E-state index is 11.0. The monoisotopic (exact) mass is 772 g/mol. The second-order valence-corrected chi connectivity index (χ2v) is 13.3. The molecule has 0 saturated carbocycles. The number of aromatic hydroxyl groups is 2. The lowest BCUT2D eigenvalue weighted by molar-refractivity contribution is -0.324. The number of hydrogen-bond donors (Lipinski definition) is 12. The van der Waals surface area contributed by atoms with Crippen LogP contribution in [0.5, 0.6) is 28.7 Å². The van der Waals surface area contributed by atoms with E-state index in [0.29, 0.717) is 5.56 Å². The van der Waals surface area contributed by atoms with E-state index in [1.165, 1.54) is 44.4 Å². The van der Waals surface area contributed by atoms with Crippen molar-refractivity contribution in [2.45, 2.75) is 105 Å². The Bertz CT molecular complexity index is 1640. The van der Waals surface area contributed by atoms with Crippen LogP contribution in [0.4, 0.5) is 0 Å². The Morgan fingerprint density at radius 3 is 1.93 bits per heavy atom. The fraction of sp³-hybridized carbons (Fsp3) is 0.588. The number of ether oxygens (including phenoxy) is 8. The largest absolute Gasteiger partial charge is 0.508 e. The lowest BCUT2D eigenvalue weighted by Crippen LogP contribution is -2.61. The SMILES string of the molecule is COc1cc(C2Oc3cc(O)cc(OC4OC(CO)C(O)C(O)C4O)c3C=C2OC2OC(COC3OC(C)C(O)C(O)C3O)C(O)C(O)C2O)ccc1O. The molecule has 0 amide bonds. The Morgan fingerprint density at radius 1 is 0.648 bits per heavy atom. The lowest BCUT2D eigenvalue weighted by atomic mass is 9.98. The van der Waals surface area contributed by atoms with E-state index in [1.54, 1.807) is 0 Å². The van der Waals surface area contributed by atoms with Crippen molar-refractivity contribution in [3.63, 3.8) is 0 Å². The van der Waals surface area contributed by atoms with E-state index in [0.717, 1.165) is 6.07 Å². The Kier molecular flexibility index (Phi) is 12.1. The van der Waals surface area contributed by atoms with E-state index in [-0.39, 0.29) is 40.1 Å². The van der Waals surface area contributed by atoms with Gasteiger partial charge >= 0.3 is 0 Å². The van der Waals surface area contributed by atoms with Crippen LogP contribution in [0.25, 0.3) is 6.08 Å². The van der Waals surface area contributed by atoms with Crippen molar-refractivity contribution in [2.75, 3.05) is 20.3 Å². The quantitative estimate of drug-likeness (QED) is 0.111. The van der Waals surface area contributed by atoms with Crippen LogP contribution in [0, 0.1) is 0 Å². The van der Waals surface area contributed by atoms with Gasteiger partial charge in [0.1, 0.15) is 90.2 Å². The summed E-state index contributed by atoms with van der Waals surface area (Å²) in [5.74, 6) is -0.958. The molecule has 4 heterocycles. The maximum absolute atomic E-state index is 11.0. The zero-order valence-electron chi connectivity index (χ0n) is 28.7. The molecule has 4 aliphatic heterocycles. The van der Waals surface area contributed by atoms with Crippen molar-refractivity contribution in [1.82, 2.24) is 0 Å². The first-order chi connectivity index (χ1) is 25.6. The molecular formula is C34H44O20. The van der Waals surface area contributed by atoms with Crippen LogP contribution in [-0.4, -0.2) is 174 Å². The smallest absolute Gasteiger partial charge is 0.229 e. The van der Waals surface area contributed by atoms with Crippen LogP contribution in [0.3, 0.4) is 0 Å². The van der Waals surface area contributed by atoms with Gasteiger partial charge in [0.2, 0.25) is 12.6 Å². The minimum atomic E-state index is -1.90. The lowest BCUT2D eigenvalue weighted by Gasteiger charge is -2.43. The number of aliphatic hydroxyl groups excluding tert-OH is 10. The van der Waals surface area contributed by atoms with Crippen LogP contribution in [-0.2, 0) is 23.7 Å². The van der Waals surface area contributed by atoms with Gasteiger partial charge in [-0.25, -0.2) is 0 Å². The van der Waals surface area contributed by atoms with Gasteiger partial charge < -0.3 is 99.2 Å². The molecule has 12 N–H and O–H groups in total. The molecule has 16 atom stereocenters. The minimum Gasteiger partial charge on any atom is -0.508 e. The van der Waals surface area contributed by atoms with Crippen LogP contribution < -0.4 is 14.2 Å². The van der Waals surface area contributed by atoms with Gasteiger partial charge in [-0.05, 0) is 25.1 Å². The van der Waals surface area contributed by atoms with Gasteiger partial charge in [0, 0.05) is 17.7 Å². The normalized spacial score (nSPS) is 39.5. The Labute approximate surface area is 306 Å². The molecule has 3 saturated heterocycles. The number of hydrogen-bond acceptors (Lipinski definition) is 20. The van der Waals surface area contributed by atoms with Gasteiger partial charge in [-0.2, -0.15) is 0 Å². The molecule has 0 aromatic heterocycles. The predicted molar refractivity (Wildman–Crippen MR) is 175 cm³/mol. The van der Waals surface area contributed by atoms with Crippen molar-refractivity contribution in [3.8, 4) is 28.7 Å². The average molecular weight is 773 g/mol. The average Bonchev–Trinajstić information content (AvgIpc) is 3.15. The van der Waals surface area contributed by atoms with Crippen molar-refractivity contribution in [3.05, 3.63) is 47.2 Å². The number of aliphatic hydroxyl groups is 10. The van der Waals surface area contributed by atoms with Gasteiger partial charge in [-0.15, -0.1) is 0 Å². The molecule has 0 bridgehead atoms. The first-order valence-corrected chi connectivity index (χ1v) is 16.9. The molecule has 20 heteroatoms. The molecule has 20 nitrogen and oxygen atoms in total. The number of phenols is 2. The summed E-state index contributed by atoms with van der Waals surface area (Å²) < 4.78 is 45.7. The fourth-order valence-corrected chi connectivity index (χ4v) is 6.43. The summed E-state index contributed by atoms with van der Waals surface area (Å²) in [5, 5.41) is 125. The van der Waals surface area contributed by atoms with Crippen LogP contribution >= 0.6 is 0 Å². The Balaban J connectivity index is 1.32. The van der Waals surface area contributed by atoms with Crippen LogP contribution in [0.15, 0.2) is 36.1 Å². The molecule has 4 aliphatic rings. The molecule has 300 valence electrons. The van der Waals surface area contributed by atoms with E-state index in [2.05, 4.69) is 0 Å². The molecule has 6 rings (SSSR count). The summed E-state index contributed by atoms with van der Waals surface area (Å²) in [6.45, 7) is 0.123. The highest BCUT2D eigenvalue weighted by atomic mass is 16.7. The highest BCUT2D eigenvalue weighted by Gasteiger charge is 2.49. The van der Waals surface area contributed by atoms with E-state index in [1.807, 2.05) is 0 Å². The molecule has 2 aromatic rings. The second kappa shape index (κ2) is 16.3. The highest BCUT2D eigenvalue weighted by molar-refractivity contribution is 5.70. The van der Waals surface area contributed by atoms with E-state index >= 15 is 0 Å². The molecular weight excluding hydrogens is 728 g/mol. The molecule has 2 aromatic carbocycles. The minimum absolute atomic E-state index is 0.0293. The highest BCUT2D eigenvalue weighted by Crippen LogP contribution is 2.46. The Morgan fingerprint density at radius 2 is 1.26 bits per heavy atom. The zero-order valence-corrected chi connectivity index (χ0v) is 28.7. The van der Waals surface area contributed by atoms with Gasteiger partial charge in [-0.1, -0.05) is 6.07 Å². The molecule has 0 radical (unpaired) electrons. The standard InChI is InChI=1S/C34H44O20/c1-11-22(38)25(41)28(44)32(49-11)48-10-21-24(40)27(43)30(46)34(54-21)52-19-8-14-16(50-31(19)12-3-4-15(37)18(5-12)47-2)6-13(36)7-17(14)51-33-29(45)26(42)23(39)20(9-35)53-33/h3-8,11,20-46H,9-10H2,1-2H3. The maximum Gasteiger partial charge on any atom is 0.229 e. The third-order valence-corrected chi connectivity index (χ3v) is 9.63. The molecule has 0 spiro atoms. The van der Waals surface area contributed by atoms with Gasteiger partial charge in [0.25, 0.3) is 0 Å². The summed E-state index contributed by atoms with van der Waals surface area (Å²) in [6, 6.07) is 6.49. The molecule has 16 unspecified atom stereocenters. The molecule has 0 aliphatic carbocycles. The van der Waals surface area contributed by atoms with Crippen LogP contribution in [0.2, 0.25) is 0 Å². The summed E-state index contributed by atoms with van der Waals surface area (Å²) in [6.07, 6.45) is -24.1.